The summed E-state index contributed by atoms with van der Waals surface area (Å²) in [5.74, 6) is 0.273. The molecule has 118 valence electrons. The second kappa shape index (κ2) is 7.94. The molecular formula is C13H20N2O5S. The summed E-state index contributed by atoms with van der Waals surface area (Å²) in [6, 6.07) is 4.73. The van der Waals surface area contributed by atoms with Crippen LogP contribution in [-0.4, -0.2) is 38.5 Å². The van der Waals surface area contributed by atoms with Gasteiger partial charge >= 0.3 is 5.69 Å². The number of hydrogen-bond acceptors (Lipinski definition) is 6. The largest absolute Gasteiger partial charge is 0.487 e. The van der Waals surface area contributed by atoms with E-state index in [9.17, 15) is 18.5 Å². The van der Waals surface area contributed by atoms with Crippen molar-refractivity contribution in [2.24, 2.45) is 0 Å². The van der Waals surface area contributed by atoms with E-state index in [0.717, 1.165) is 5.56 Å². The van der Waals surface area contributed by atoms with Crippen LogP contribution in [0.25, 0.3) is 0 Å². The van der Waals surface area contributed by atoms with E-state index in [2.05, 4.69) is 5.32 Å². The normalized spacial score (nSPS) is 11.3. The molecule has 0 radical (unpaired) electrons. The fraction of sp³-hybridized carbons (Fsp3) is 0.538. The van der Waals surface area contributed by atoms with E-state index in [1.165, 1.54) is 6.07 Å². The van der Waals surface area contributed by atoms with Gasteiger partial charge in [-0.25, -0.2) is 8.42 Å². The maximum Gasteiger partial charge on any atom is 0.311 e. The van der Waals surface area contributed by atoms with E-state index >= 15 is 0 Å². The number of nitro groups is 1. The number of rotatable bonds is 9. The third-order valence-electron chi connectivity index (χ3n) is 2.90. The molecule has 0 unspecified atom stereocenters. The Morgan fingerprint density at radius 3 is 2.67 bits per heavy atom. The third kappa shape index (κ3) is 5.68. The van der Waals surface area contributed by atoms with E-state index in [-0.39, 0.29) is 29.5 Å². The molecule has 1 N–H and O–H groups in total. The quantitative estimate of drug-likeness (QED) is 0.421. The molecule has 0 spiro atoms. The fourth-order valence-corrected chi connectivity index (χ4v) is 2.59. The maximum absolute atomic E-state index is 11.3. The number of ether oxygens (including phenoxy) is 1. The number of nitrogens with one attached hydrogen (secondary N) is 1. The molecule has 21 heavy (non-hydrogen) atoms. The number of sulfone groups is 1. The van der Waals surface area contributed by atoms with Crippen LogP contribution in [0.1, 0.15) is 18.9 Å². The van der Waals surface area contributed by atoms with Crippen molar-refractivity contribution in [2.75, 3.05) is 25.2 Å². The van der Waals surface area contributed by atoms with Gasteiger partial charge in [-0.05, 0) is 25.1 Å². The minimum Gasteiger partial charge on any atom is -0.487 e. The third-order valence-corrected chi connectivity index (χ3v) is 4.69. The van der Waals surface area contributed by atoms with Crippen LogP contribution in [0.5, 0.6) is 5.75 Å². The molecule has 0 aliphatic rings. The summed E-state index contributed by atoms with van der Waals surface area (Å²) in [6.45, 7) is 2.24. The van der Waals surface area contributed by atoms with Crippen molar-refractivity contribution < 1.29 is 18.1 Å². The van der Waals surface area contributed by atoms with Gasteiger partial charge in [0.1, 0.15) is 9.84 Å². The van der Waals surface area contributed by atoms with Crippen molar-refractivity contribution in [3.05, 3.63) is 33.9 Å². The molecule has 0 saturated heterocycles. The Labute approximate surface area is 124 Å². The molecule has 1 aromatic carbocycles. The van der Waals surface area contributed by atoms with Gasteiger partial charge < -0.3 is 10.1 Å². The average Bonchev–Trinajstić information content (AvgIpc) is 2.45. The van der Waals surface area contributed by atoms with Gasteiger partial charge in [0.2, 0.25) is 0 Å². The van der Waals surface area contributed by atoms with Gasteiger partial charge in [-0.15, -0.1) is 0 Å². The van der Waals surface area contributed by atoms with Crippen molar-refractivity contribution in [2.45, 2.75) is 19.9 Å². The second-order valence-corrected chi connectivity index (χ2v) is 7.00. The molecule has 0 heterocycles. The predicted molar refractivity (Wildman–Crippen MR) is 80.3 cm³/mol. The van der Waals surface area contributed by atoms with Gasteiger partial charge in [0, 0.05) is 18.4 Å². The van der Waals surface area contributed by atoms with E-state index < -0.39 is 14.8 Å². The van der Waals surface area contributed by atoms with Gasteiger partial charge in [0.15, 0.2) is 5.75 Å². The summed E-state index contributed by atoms with van der Waals surface area (Å²) >= 11 is 0. The first-order valence-electron chi connectivity index (χ1n) is 6.64. The SMILES string of the molecule is CCS(=O)(=O)CCCOc1ccc(CNC)cc1[N+](=O)[O-]. The van der Waals surface area contributed by atoms with Crippen LogP contribution in [-0.2, 0) is 16.4 Å². The maximum atomic E-state index is 11.3. The predicted octanol–water partition coefficient (Wildman–Crippen LogP) is 1.52. The molecule has 1 aromatic rings. The Balaban J connectivity index is 2.68. The summed E-state index contributed by atoms with van der Waals surface area (Å²) in [4.78, 5) is 10.5. The lowest BCUT2D eigenvalue weighted by Crippen LogP contribution is -2.12. The van der Waals surface area contributed by atoms with Crippen molar-refractivity contribution in [1.29, 1.82) is 0 Å². The van der Waals surface area contributed by atoms with E-state index in [0.29, 0.717) is 13.0 Å². The Morgan fingerprint density at radius 2 is 2.10 bits per heavy atom. The Bertz CT molecular complexity index is 586. The van der Waals surface area contributed by atoms with Crippen LogP contribution in [0.15, 0.2) is 18.2 Å². The van der Waals surface area contributed by atoms with Gasteiger partial charge in [0.25, 0.3) is 0 Å². The van der Waals surface area contributed by atoms with Crippen LogP contribution in [0.4, 0.5) is 5.69 Å². The highest BCUT2D eigenvalue weighted by molar-refractivity contribution is 7.91. The van der Waals surface area contributed by atoms with Crippen molar-refractivity contribution in [3.63, 3.8) is 0 Å². The van der Waals surface area contributed by atoms with Gasteiger partial charge in [-0.3, -0.25) is 10.1 Å². The van der Waals surface area contributed by atoms with Crippen molar-refractivity contribution in [1.82, 2.24) is 5.32 Å². The number of nitrogens with zero attached hydrogens (tertiary/aromatic N) is 1. The Kier molecular flexibility index (Phi) is 6.57. The average molecular weight is 316 g/mol. The lowest BCUT2D eigenvalue weighted by Gasteiger charge is -2.08. The highest BCUT2D eigenvalue weighted by Gasteiger charge is 2.16. The minimum atomic E-state index is -3.04. The van der Waals surface area contributed by atoms with Crippen LogP contribution in [0, 0.1) is 10.1 Å². The summed E-state index contributed by atoms with van der Waals surface area (Å²) in [5.41, 5.74) is 0.672. The summed E-state index contributed by atoms with van der Waals surface area (Å²) in [7, 11) is -1.28. The number of hydrogen-bond donors (Lipinski definition) is 1. The molecule has 0 fully saturated rings. The van der Waals surface area contributed by atoms with E-state index in [1.54, 1.807) is 26.1 Å². The summed E-state index contributed by atoms with van der Waals surface area (Å²) in [6.07, 6.45) is 0.311. The molecule has 0 aliphatic carbocycles. The lowest BCUT2D eigenvalue weighted by molar-refractivity contribution is -0.385. The molecule has 0 atom stereocenters. The van der Waals surface area contributed by atoms with Gasteiger partial charge in [-0.1, -0.05) is 13.0 Å². The first-order chi connectivity index (χ1) is 9.89. The van der Waals surface area contributed by atoms with Crippen LogP contribution in [0.3, 0.4) is 0 Å². The van der Waals surface area contributed by atoms with Crippen LogP contribution in [0.2, 0.25) is 0 Å². The van der Waals surface area contributed by atoms with Gasteiger partial charge in [0.05, 0.1) is 17.3 Å². The summed E-state index contributed by atoms with van der Waals surface area (Å²) in [5, 5.41) is 13.9. The molecule has 8 heteroatoms. The molecule has 1 rings (SSSR count). The first kappa shape index (κ1) is 17.4. The smallest absolute Gasteiger partial charge is 0.311 e. The topological polar surface area (TPSA) is 98.5 Å². The molecule has 0 amide bonds. The minimum absolute atomic E-state index is 0.0230. The standard InChI is InChI=1S/C13H20N2O5S/c1-3-21(18,19)8-4-7-20-13-6-5-11(10-14-2)9-12(13)15(16)17/h5-6,9,14H,3-4,7-8,10H2,1-2H3. The molecular weight excluding hydrogens is 296 g/mol. The first-order valence-corrected chi connectivity index (χ1v) is 8.47. The Hall–Kier alpha value is -1.67. The molecule has 0 bridgehead atoms. The zero-order valence-corrected chi connectivity index (χ0v) is 13.0. The van der Waals surface area contributed by atoms with Crippen LogP contribution >= 0.6 is 0 Å². The molecule has 0 aromatic heterocycles. The number of nitro benzene ring substituents is 1. The van der Waals surface area contributed by atoms with E-state index in [1.807, 2.05) is 0 Å². The van der Waals surface area contributed by atoms with Crippen molar-refractivity contribution >= 4 is 15.5 Å². The lowest BCUT2D eigenvalue weighted by atomic mass is 10.2. The molecule has 7 nitrogen and oxygen atoms in total. The molecule has 0 saturated carbocycles. The Morgan fingerprint density at radius 1 is 1.38 bits per heavy atom. The van der Waals surface area contributed by atoms with Gasteiger partial charge in [-0.2, -0.15) is 0 Å². The van der Waals surface area contributed by atoms with E-state index in [4.69, 9.17) is 4.74 Å². The monoisotopic (exact) mass is 316 g/mol. The highest BCUT2D eigenvalue weighted by Crippen LogP contribution is 2.28. The van der Waals surface area contributed by atoms with Crippen LogP contribution < -0.4 is 10.1 Å². The highest BCUT2D eigenvalue weighted by atomic mass is 32.2. The zero-order valence-electron chi connectivity index (χ0n) is 12.2. The zero-order chi connectivity index (χ0) is 15.9. The fourth-order valence-electron chi connectivity index (χ4n) is 1.75. The van der Waals surface area contributed by atoms with Crippen molar-refractivity contribution in [3.8, 4) is 5.75 Å². The molecule has 0 aliphatic heterocycles. The number of benzene rings is 1. The summed E-state index contributed by atoms with van der Waals surface area (Å²) < 4.78 is 28.0. The second-order valence-electron chi connectivity index (χ2n) is 4.53.